The van der Waals surface area contributed by atoms with Crippen molar-refractivity contribution in [1.29, 1.82) is 0 Å². The lowest BCUT2D eigenvalue weighted by Gasteiger charge is -1.93. The zero-order valence-electron chi connectivity index (χ0n) is 5.93. The minimum atomic E-state index is -0.491. The van der Waals surface area contributed by atoms with Crippen molar-refractivity contribution in [2.45, 2.75) is 0 Å². The van der Waals surface area contributed by atoms with Crippen LogP contribution in [0.15, 0.2) is 25.8 Å². The van der Waals surface area contributed by atoms with Gasteiger partial charge in [0.25, 0.3) is 0 Å². The molecule has 3 N–H and O–H groups in total. The lowest BCUT2D eigenvalue weighted by Crippen LogP contribution is -1.92. The van der Waals surface area contributed by atoms with E-state index in [0.717, 1.165) is 4.47 Å². The van der Waals surface area contributed by atoms with Crippen LogP contribution in [0.4, 0.5) is 5.69 Å². The maximum absolute atomic E-state index is 10.8. The third kappa shape index (κ3) is 1.02. The van der Waals surface area contributed by atoms with Crippen LogP contribution in [0.1, 0.15) is 0 Å². The highest BCUT2D eigenvalue weighted by Gasteiger charge is 2.05. The Morgan fingerprint density at radius 3 is 3.00 bits per heavy atom. The summed E-state index contributed by atoms with van der Waals surface area (Å²) in [5, 5.41) is 0. The van der Waals surface area contributed by atoms with Crippen molar-refractivity contribution < 1.29 is 4.42 Å². The Balaban J connectivity index is 2.97. The molecule has 4 nitrogen and oxygen atoms in total. The van der Waals surface area contributed by atoms with E-state index in [1.165, 1.54) is 0 Å². The highest BCUT2D eigenvalue weighted by atomic mass is 79.9. The maximum atomic E-state index is 10.8. The first-order valence-corrected chi connectivity index (χ1v) is 4.04. The average molecular weight is 229 g/mol. The molecule has 0 atom stereocenters. The lowest BCUT2D eigenvalue weighted by molar-refractivity contribution is 0.556. The number of oxazole rings is 1. The second-order valence-electron chi connectivity index (χ2n) is 2.39. The monoisotopic (exact) mass is 228 g/mol. The largest absolute Gasteiger partial charge is 0.417 e. The van der Waals surface area contributed by atoms with Crippen molar-refractivity contribution in [3.05, 3.63) is 27.2 Å². The zero-order chi connectivity index (χ0) is 8.72. The molecular weight excluding hydrogens is 224 g/mol. The molecule has 0 aliphatic rings. The SMILES string of the molecule is Nc1cc(Br)cc2[nH]c(=O)oc12. The van der Waals surface area contributed by atoms with Crippen LogP contribution in [0.25, 0.3) is 11.1 Å². The molecule has 5 heteroatoms. The molecule has 1 heterocycles. The number of nitrogen functional groups attached to an aromatic ring is 1. The molecule has 0 amide bonds. The Hall–Kier alpha value is -1.23. The van der Waals surface area contributed by atoms with Gasteiger partial charge in [0.1, 0.15) is 0 Å². The number of nitrogens with two attached hydrogens (primary N) is 1. The number of anilines is 1. The van der Waals surface area contributed by atoms with Gasteiger partial charge in [-0.2, -0.15) is 0 Å². The van der Waals surface area contributed by atoms with Gasteiger partial charge in [-0.05, 0) is 12.1 Å². The number of fused-ring (bicyclic) bond motifs is 1. The number of aromatic amines is 1. The first kappa shape index (κ1) is 7.42. The predicted octanol–water partition coefficient (Wildman–Crippen LogP) is 1.47. The summed E-state index contributed by atoms with van der Waals surface area (Å²) in [4.78, 5) is 13.3. The quantitative estimate of drug-likeness (QED) is 0.671. The molecule has 1 aromatic heterocycles. The summed E-state index contributed by atoms with van der Waals surface area (Å²) in [7, 11) is 0. The van der Waals surface area contributed by atoms with Crippen molar-refractivity contribution in [1.82, 2.24) is 4.98 Å². The second kappa shape index (κ2) is 2.38. The van der Waals surface area contributed by atoms with Crippen LogP contribution in [0.5, 0.6) is 0 Å². The van der Waals surface area contributed by atoms with Crippen molar-refractivity contribution in [2.24, 2.45) is 0 Å². The summed E-state index contributed by atoms with van der Waals surface area (Å²) in [6.07, 6.45) is 0. The van der Waals surface area contributed by atoms with Gasteiger partial charge in [-0.3, -0.25) is 4.98 Å². The number of rotatable bonds is 0. The van der Waals surface area contributed by atoms with Gasteiger partial charge in [-0.1, -0.05) is 15.9 Å². The van der Waals surface area contributed by atoms with Gasteiger partial charge in [-0.25, -0.2) is 4.79 Å². The van der Waals surface area contributed by atoms with E-state index in [4.69, 9.17) is 10.2 Å². The number of aromatic nitrogens is 1. The predicted molar refractivity (Wildman–Crippen MR) is 48.9 cm³/mol. The van der Waals surface area contributed by atoms with Crippen molar-refractivity contribution in [3.63, 3.8) is 0 Å². The highest BCUT2D eigenvalue weighted by molar-refractivity contribution is 9.10. The van der Waals surface area contributed by atoms with Gasteiger partial charge in [0, 0.05) is 4.47 Å². The molecule has 0 spiro atoms. The van der Waals surface area contributed by atoms with E-state index in [2.05, 4.69) is 20.9 Å². The molecule has 62 valence electrons. The van der Waals surface area contributed by atoms with Gasteiger partial charge in [-0.15, -0.1) is 0 Å². The molecule has 2 aromatic rings. The number of halogens is 1. The Bertz CT molecular complexity index is 486. The molecule has 0 saturated carbocycles. The third-order valence-corrected chi connectivity index (χ3v) is 1.97. The Morgan fingerprint density at radius 2 is 2.25 bits per heavy atom. The summed E-state index contributed by atoms with van der Waals surface area (Å²) < 4.78 is 5.61. The van der Waals surface area contributed by atoms with Gasteiger partial charge >= 0.3 is 5.76 Å². The summed E-state index contributed by atoms with van der Waals surface area (Å²) >= 11 is 3.25. The average Bonchev–Trinajstić information content (AvgIpc) is 2.29. The Kier molecular flexibility index (Phi) is 1.47. The first-order chi connectivity index (χ1) is 5.66. The Morgan fingerprint density at radius 1 is 1.50 bits per heavy atom. The second-order valence-corrected chi connectivity index (χ2v) is 3.30. The normalized spacial score (nSPS) is 10.8. The first-order valence-electron chi connectivity index (χ1n) is 3.24. The topological polar surface area (TPSA) is 72.0 Å². The molecule has 0 aliphatic carbocycles. The standard InChI is InChI=1S/C7H5BrN2O2/c8-3-1-4(9)6-5(2-3)10-7(11)12-6/h1-2H,9H2,(H,10,11). The van der Waals surface area contributed by atoms with E-state index in [0.29, 0.717) is 16.8 Å². The highest BCUT2D eigenvalue weighted by Crippen LogP contribution is 2.23. The molecule has 0 saturated heterocycles. The zero-order valence-corrected chi connectivity index (χ0v) is 7.51. The maximum Gasteiger partial charge on any atom is 0.417 e. The fraction of sp³-hybridized carbons (Fsp3) is 0. The number of hydrogen-bond donors (Lipinski definition) is 2. The summed E-state index contributed by atoms with van der Waals surface area (Å²) in [5.74, 6) is -0.491. The molecule has 0 radical (unpaired) electrons. The molecule has 0 fully saturated rings. The number of hydrogen-bond acceptors (Lipinski definition) is 3. The molecule has 12 heavy (non-hydrogen) atoms. The molecular formula is C7H5BrN2O2. The van der Waals surface area contributed by atoms with E-state index < -0.39 is 5.76 Å². The minimum Gasteiger partial charge on any atom is -0.406 e. The lowest BCUT2D eigenvalue weighted by atomic mass is 10.3. The van der Waals surface area contributed by atoms with Crippen LogP contribution >= 0.6 is 15.9 Å². The van der Waals surface area contributed by atoms with E-state index in [1.54, 1.807) is 12.1 Å². The number of nitrogens with one attached hydrogen (secondary N) is 1. The number of H-pyrrole nitrogens is 1. The Labute approximate surface area is 75.5 Å². The van der Waals surface area contributed by atoms with Crippen molar-refractivity contribution in [3.8, 4) is 0 Å². The van der Waals surface area contributed by atoms with Crippen molar-refractivity contribution >= 4 is 32.7 Å². The summed E-state index contributed by atoms with van der Waals surface area (Å²) in [6.45, 7) is 0. The third-order valence-electron chi connectivity index (χ3n) is 1.51. The van der Waals surface area contributed by atoms with Crippen molar-refractivity contribution in [2.75, 3.05) is 5.73 Å². The van der Waals surface area contributed by atoms with E-state index in [-0.39, 0.29) is 0 Å². The molecule has 0 aliphatic heterocycles. The van der Waals surface area contributed by atoms with E-state index in [9.17, 15) is 4.79 Å². The van der Waals surface area contributed by atoms with Gasteiger partial charge in [0.15, 0.2) is 5.58 Å². The van der Waals surface area contributed by atoms with E-state index >= 15 is 0 Å². The van der Waals surface area contributed by atoms with Gasteiger partial charge in [0.2, 0.25) is 0 Å². The van der Waals surface area contributed by atoms with Crippen LogP contribution in [0, 0.1) is 0 Å². The van der Waals surface area contributed by atoms with Gasteiger partial charge in [0.05, 0.1) is 11.2 Å². The molecule has 1 aromatic carbocycles. The van der Waals surface area contributed by atoms with Crippen LogP contribution in [0.3, 0.4) is 0 Å². The molecule has 2 rings (SSSR count). The van der Waals surface area contributed by atoms with Crippen LogP contribution in [0.2, 0.25) is 0 Å². The molecule has 0 unspecified atom stereocenters. The molecule has 0 bridgehead atoms. The smallest absolute Gasteiger partial charge is 0.406 e. The van der Waals surface area contributed by atoms with Crippen LogP contribution in [-0.2, 0) is 0 Å². The van der Waals surface area contributed by atoms with Crippen LogP contribution in [-0.4, -0.2) is 4.98 Å². The van der Waals surface area contributed by atoms with Gasteiger partial charge < -0.3 is 10.2 Å². The minimum absolute atomic E-state index is 0.406. The fourth-order valence-electron chi connectivity index (χ4n) is 1.05. The number of benzene rings is 1. The fourth-order valence-corrected chi connectivity index (χ4v) is 1.53. The van der Waals surface area contributed by atoms with E-state index in [1.807, 2.05) is 0 Å². The van der Waals surface area contributed by atoms with Crippen LogP contribution < -0.4 is 11.5 Å². The summed E-state index contributed by atoms with van der Waals surface area (Å²) in [6, 6.07) is 3.41. The summed E-state index contributed by atoms with van der Waals surface area (Å²) in [5.41, 5.74) is 7.04.